The molecular weight excluding hydrogens is 326 g/mol. The van der Waals surface area contributed by atoms with E-state index < -0.39 is 0 Å². The van der Waals surface area contributed by atoms with Gasteiger partial charge in [-0.2, -0.15) is 0 Å². The molecule has 21 heavy (non-hydrogen) atoms. The molecule has 110 valence electrons. The minimum absolute atomic E-state index is 0.0838. The van der Waals surface area contributed by atoms with E-state index in [1.165, 1.54) is 5.56 Å². The van der Waals surface area contributed by atoms with Gasteiger partial charge in [0.1, 0.15) is 0 Å². The molecule has 2 aromatic carbocycles. The van der Waals surface area contributed by atoms with Crippen LogP contribution in [0.15, 0.2) is 53.0 Å². The van der Waals surface area contributed by atoms with Gasteiger partial charge in [-0.25, -0.2) is 0 Å². The number of anilines is 1. The minimum atomic E-state index is -0.0838. The average molecular weight is 346 g/mol. The van der Waals surface area contributed by atoms with E-state index in [0.29, 0.717) is 11.5 Å². The van der Waals surface area contributed by atoms with E-state index in [4.69, 9.17) is 0 Å². The van der Waals surface area contributed by atoms with Crippen molar-refractivity contribution in [2.24, 2.45) is 5.92 Å². The molecule has 0 aromatic heterocycles. The molecule has 0 bridgehead atoms. The maximum absolute atomic E-state index is 12.4. The summed E-state index contributed by atoms with van der Waals surface area (Å²) in [6, 6.07) is 15.5. The van der Waals surface area contributed by atoms with E-state index >= 15 is 0 Å². The highest BCUT2D eigenvalue weighted by Crippen LogP contribution is 2.22. The summed E-state index contributed by atoms with van der Waals surface area (Å²) in [6.45, 7) is 4.42. The summed E-state index contributed by atoms with van der Waals surface area (Å²) in [5.74, 6) is 0.566. The third-order valence-corrected chi connectivity index (χ3v) is 4.07. The molecule has 0 unspecified atom stereocenters. The Morgan fingerprint density at radius 3 is 2.48 bits per heavy atom. The lowest BCUT2D eigenvalue weighted by Crippen LogP contribution is -2.14. The zero-order chi connectivity index (χ0) is 15.2. The molecule has 2 aromatic rings. The van der Waals surface area contributed by atoms with Gasteiger partial charge in [0, 0.05) is 10.2 Å². The zero-order valence-electron chi connectivity index (χ0n) is 12.4. The van der Waals surface area contributed by atoms with Gasteiger partial charge in [0.25, 0.3) is 5.91 Å². The van der Waals surface area contributed by atoms with Gasteiger partial charge in [-0.15, -0.1) is 0 Å². The van der Waals surface area contributed by atoms with E-state index in [1.54, 1.807) is 0 Å². The molecule has 0 fully saturated rings. The average Bonchev–Trinajstić information content (AvgIpc) is 2.46. The number of amides is 1. The maximum atomic E-state index is 12.4. The lowest BCUT2D eigenvalue weighted by atomic mass is 10.0. The van der Waals surface area contributed by atoms with Gasteiger partial charge in [-0.1, -0.05) is 44.2 Å². The van der Waals surface area contributed by atoms with Crippen LogP contribution in [0.3, 0.4) is 0 Å². The lowest BCUT2D eigenvalue weighted by molar-refractivity contribution is 0.102. The molecule has 2 nitrogen and oxygen atoms in total. The first kappa shape index (κ1) is 15.8. The Bertz CT molecular complexity index is 622. The van der Waals surface area contributed by atoms with Crippen molar-refractivity contribution >= 4 is 27.5 Å². The van der Waals surface area contributed by atoms with E-state index in [2.05, 4.69) is 41.2 Å². The van der Waals surface area contributed by atoms with Crippen molar-refractivity contribution in [2.75, 3.05) is 5.32 Å². The van der Waals surface area contributed by atoms with Gasteiger partial charge in [-0.05, 0) is 58.5 Å². The van der Waals surface area contributed by atoms with E-state index in [9.17, 15) is 4.79 Å². The van der Waals surface area contributed by atoms with Crippen LogP contribution in [0.2, 0.25) is 0 Å². The fraction of sp³-hybridized carbons (Fsp3) is 0.278. The normalized spacial score (nSPS) is 10.7. The number of nitrogens with one attached hydrogen (secondary N) is 1. The van der Waals surface area contributed by atoms with Gasteiger partial charge < -0.3 is 5.32 Å². The summed E-state index contributed by atoms with van der Waals surface area (Å²) in [7, 11) is 0. The Labute approximate surface area is 134 Å². The Hall–Kier alpha value is -1.61. The molecular formula is C18H20BrNO. The van der Waals surface area contributed by atoms with Crippen LogP contribution in [-0.4, -0.2) is 5.91 Å². The smallest absolute Gasteiger partial charge is 0.256 e. The molecule has 3 heteroatoms. The maximum Gasteiger partial charge on any atom is 0.256 e. The van der Waals surface area contributed by atoms with Crippen molar-refractivity contribution in [1.29, 1.82) is 0 Å². The topological polar surface area (TPSA) is 29.1 Å². The Morgan fingerprint density at radius 1 is 1.10 bits per heavy atom. The second-order valence-electron chi connectivity index (χ2n) is 5.52. The first-order valence-corrected chi connectivity index (χ1v) is 8.01. The third kappa shape index (κ3) is 4.43. The van der Waals surface area contributed by atoms with Crippen LogP contribution < -0.4 is 5.32 Å². The quantitative estimate of drug-likeness (QED) is 0.783. The Kier molecular flexibility index (Phi) is 5.57. The molecule has 0 heterocycles. The zero-order valence-corrected chi connectivity index (χ0v) is 14.0. The summed E-state index contributed by atoms with van der Waals surface area (Å²) in [4.78, 5) is 12.4. The van der Waals surface area contributed by atoms with Gasteiger partial charge in [0.15, 0.2) is 0 Å². The molecule has 0 saturated heterocycles. The summed E-state index contributed by atoms with van der Waals surface area (Å²) < 4.78 is 0.808. The van der Waals surface area contributed by atoms with Crippen molar-refractivity contribution in [1.82, 2.24) is 0 Å². The van der Waals surface area contributed by atoms with Crippen LogP contribution in [0, 0.1) is 5.92 Å². The van der Waals surface area contributed by atoms with Crippen LogP contribution in [0.4, 0.5) is 5.69 Å². The second kappa shape index (κ2) is 7.41. The number of carbonyl (C=O) groups is 1. The predicted molar refractivity (Wildman–Crippen MR) is 91.7 cm³/mol. The fourth-order valence-electron chi connectivity index (χ4n) is 2.14. The van der Waals surface area contributed by atoms with Crippen LogP contribution in [0.25, 0.3) is 0 Å². The largest absolute Gasteiger partial charge is 0.322 e. The standard InChI is InChI=1S/C18H20BrNO/c1-13(2)11-12-14-7-3-6-10-17(14)20-18(21)15-8-4-5-9-16(15)19/h3-10,13H,11-12H2,1-2H3,(H,20,21). The highest BCUT2D eigenvalue weighted by atomic mass is 79.9. The number of para-hydroxylation sites is 1. The molecule has 0 spiro atoms. The van der Waals surface area contributed by atoms with Gasteiger partial charge in [-0.3, -0.25) is 4.79 Å². The summed E-state index contributed by atoms with van der Waals surface area (Å²) in [6.07, 6.45) is 2.09. The lowest BCUT2D eigenvalue weighted by Gasteiger charge is -2.12. The third-order valence-electron chi connectivity index (χ3n) is 3.38. The number of hydrogen-bond donors (Lipinski definition) is 1. The molecule has 0 atom stereocenters. The molecule has 1 N–H and O–H groups in total. The molecule has 0 aliphatic rings. The number of halogens is 1. The van der Waals surface area contributed by atoms with Crippen LogP contribution >= 0.6 is 15.9 Å². The number of hydrogen-bond acceptors (Lipinski definition) is 1. The number of benzene rings is 2. The molecule has 0 aliphatic heterocycles. The Morgan fingerprint density at radius 2 is 1.76 bits per heavy atom. The van der Waals surface area contributed by atoms with Crippen LogP contribution in [0.5, 0.6) is 0 Å². The molecule has 0 saturated carbocycles. The van der Waals surface area contributed by atoms with Gasteiger partial charge in [0.2, 0.25) is 0 Å². The van der Waals surface area contributed by atoms with Crippen LogP contribution in [-0.2, 0) is 6.42 Å². The molecule has 0 aliphatic carbocycles. The number of aryl methyl sites for hydroxylation is 1. The summed E-state index contributed by atoms with van der Waals surface area (Å²) in [5, 5.41) is 3.02. The van der Waals surface area contributed by atoms with Crippen molar-refractivity contribution in [3.63, 3.8) is 0 Å². The minimum Gasteiger partial charge on any atom is -0.322 e. The SMILES string of the molecule is CC(C)CCc1ccccc1NC(=O)c1ccccc1Br. The monoisotopic (exact) mass is 345 g/mol. The highest BCUT2D eigenvalue weighted by molar-refractivity contribution is 9.10. The summed E-state index contributed by atoms with van der Waals surface area (Å²) in [5.41, 5.74) is 2.74. The fourth-order valence-corrected chi connectivity index (χ4v) is 2.60. The summed E-state index contributed by atoms with van der Waals surface area (Å²) >= 11 is 3.42. The van der Waals surface area contributed by atoms with E-state index in [0.717, 1.165) is 23.0 Å². The molecule has 2 rings (SSSR count). The number of carbonyl (C=O) groups excluding carboxylic acids is 1. The first-order valence-electron chi connectivity index (χ1n) is 7.21. The Balaban J connectivity index is 2.16. The highest BCUT2D eigenvalue weighted by Gasteiger charge is 2.11. The second-order valence-corrected chi connectivity index (χ2v) is 6.38. The van der Waals surface area contributed by atoms with Gasteiger partial charge in [0.05, 0.1) is 5.56 Å². The van der Waals surface area contributed by atoms with Crippen molar-refractivity contribution in [2.45, 2.75) is 26.7 Å². The number of rotatable bonds is 5. The van der Waals surface area contributed by atoms with E-state index in [-0.39, 0.29) is 5.91 Å². The van der Waals surface area contributed by atoms with Crippen molar-refractivity contribution in [3.05, 3.63) is 64.1 Å². The van der Waals surface area contributed by atoms with Gasteiger partial charge >= 0.3 is 0 Å². The van der Waals surface area contributed by atoms with Crippen LogP contribution in [0.1, 0.15) is 36.2 Å². The van der Waals surface area contributed by atoms with E-state index in [1.807, 2.05) is 42.5 Å². The predicted octanol–water partition coefficient (Wildman–Crippen LogP) is 5.29. The van der Waals surface area contributed by atoms with Crippen molar-refractivity contribution in [3.8, 4) is 0 Å². The molecule has 0 radical (unpaired) electrons. The van der Waals surface area contributed by atoms with Crippen molar-refractivity contribution < 1.29 is 4.79 Å². The first-order chi connectivity index (χ1) is 10.1. The molecule has 1 amide bonds.